The molecule has 0 aromatic carbocycles. The maximum Gasteiger partial charge on any atom is 0.228 e. The minimum absolute atomic E-state index is 0.0471. The van der Waals surface area contributed by atoms with Crippen molar-refractivity contribution in [2.45, 2.75) is 32.6 Å². The van der Waals surface area contributed by atoms with Crippen molar-refractivity contribution in [3.05, 3.63) is 29.2 Å². The molecule has 21 heavy (non-hydrogen) atoms. The number of amides is 1. The molecular formula is C16H19N3OS. The van der Waals surface area contributed by atoms with Crippen LogP contribution >= 0.6 is 11.3 Å². The van der Waals surface area contributed by atoms with Crippen molar-refractivity contribution >= 4 is 23.1 Å². The first kappa shape index (κ1) is 14.2. The quantitative estimate of drug-likeness (QED) is 0.929. The number of hydrogen-bond donors (Lipinski definition) is 1. The summed E-state index contributed by atoms with van der Waals surface area (Å²) in [4.78, 5) is 20.9. The lowest BCUT2D eigenvalue weighted by atomic mass is 9.92. The molecule has 110 valence electrons. The summed E-state index contributed by atoms with van der Waals surface area (Å²) in [5.74, 6) is 1.15. The van der Waals surface area contributed by atoms with E-state index in [2.05, 4.69) is 15.3 Å². The van der Waals surface area contributed by atoms with Gasteiger partial charge in [0.1, 0.15) is 0 Å². The van der Waals surface area contributed by atoms with Gasteiger partial charge in [-0.3, -0.25) is 9.78 Å². The van der Waals surface area contributed by atoms with Crippen LogP contribution in [0.15, 0.2) is 29.2 Å². The summed E-state index contributed by atoms with van der Waals surface area (Å²) < 4.78 is 0. The number of carbonyl (C=O) groups is 1. The van der Waals surface area contributed by atoms with Gasteiger partial charge < -0.3 is 5.32 Å². The second-order valence-corrected chi connectivity index (χ2v) is 6.40. The molecule has 0 aliphatic heterocycles. The Morgan fingerprint density at radius 1 is 1.33 bits per heavy atom. The number of carbonyl (C=O) groups excluding carboxylic acids is 1. The molecule has 1 unspecified atom stereocenters. The number of rotatable bonds is 4. The molecular weight excluding hydrogens is 282 g/mol. The second kappa shape index (κ2) is 6.35. The van der Waals surface area contributed by atoms with Gasteiger partial charge in [-0.25, -0.2) is 4.98 Å². The first-order valence-electron chi connectivity index (χ1n) is 7.39. The van der Waals surface area contributed by atoms with Crippen LogP contribution in [0.4, 0.5) is 5.82 Å². The molecule has 1 saturated carbocycles. The lowest BCUT2D eigenvalue weighted by Gasteiger charge is -2.17. The molecule has 2 aromatic heterocycles. The van der Waals surface area contributed by atoms with Gasteiger partial charge in [0.2, 0.25) is 5.91 Å². The average Bonchev–Trinajstić information content (AvgIpc) is 3.20. The highest BCUT2D eigenvalue weighted by Crippen LogP contribution is 2.31. The van der Waals surface area contributed by atoms with E-state index in [1.807, 2.05) is 23.8 Å². The molecule has 1 N–H and O–H groups in total. The zero-order valence-electron chi connectivity index (χ0n) is 12.1. The summed E-state index contributed by atoms with van der Waals surface area (Å²) in [6, 6.07) is 2.01. The summed E-state index contributed by atoms with van der Waals surface area (Å²) in [5, 5.41) is 6.92. The fraction of sp³-hybridized carbons (Fsp3) is 0.438. The zero-order valence-corrected chi connectivity index (χ0v) is 12.9. The molecule has 3 rings (SSSR count). The van der Waals surface area contributed by atoms with Crippen molar-refractivity contribution in [2.75, 3.05) is 5.32 Å². The molecule has 2 heterocycles. The molecule has 1 atom stereocenters. The Bertz CT molecular complexity index is 588. The largest absolute Gasteiger partial charge is 0.309 e. The van der Waals surface area contributed by atoms with Gasteiger partial charge in [-0.2, -0.15) is 11.3 Å². The molecule has 0 bridgehead atoms. The summed E-state index contributed by atoms with van der Waals surface area (Å²) in [6.45, 7) is 2.01. The minimum atomic E-state index is 0.0471. The lowest BCUT2D eigenvalue weighted by Crippen LogP contribution is -2.26. The molecule has 0 radical (unpaired) electrons. The van der Waals surface area contributed by atoms with Crippen molar-refractivity contribution < 1.29 is 4.79 Å². The van der Waals surface area contributed by atoms with Gasteiger partial charge in [-0.05, 0) is 30.2 Å². The van der Waals surface area contributed by atoms with E-state index in [-0.39, 0.29) is 11.8 Å². The van der Waals surface area contributed by atoms with Crippen LogP contribution in [0.3, 0.4) is 0 Å². The first-order valence-corrected chi connectivity index (χ1v) is 8.34. The Kier molecular flexibility index (Phi) is 4.29. The maximum absolute atomic E-state index is 12.2. The number of nitrogens with one attached hydrogen (secondary N) is 1. The summed E-state index contributed by atoms with van der Waals surface area (Å²) in [5.41, 5.74) is 1.89. The fourth-order valence-electron chi connectivity index (χ4n) is 2.86. The smallest absolute Gasteiger partial charge is 0.228 e. The third-order valence-corrected chi connectivity index (χ3v) is 4.92. The molecule has 0 spiro atoms. The normalized spacial score (nSPS) is 16.8. The van der Waals surface area contributed by atoms with E-state index >= 15 is 0 Å². The van der Waals surface area contributed by atoms with Crippen molar-refractivity contribution in [3.63, 3.8) is 0 Å². The summed E-state index contributed by atoms with van der Waals surface area (Å²) in [6.07, 6.45) is 8.16. The Hall–Kier alpha value is -1.75. The Morgan fingerprint density at radius 3 is 2.76 bits per heavy atom. The van der Waals surface area contributed by atoms with Gasteiger partial charge in [0.15, 0.2) is 5.82 Å². The van der Waals surface area contributed by atoms with Crippen LogP contribution in [0, 0.1) is 11.8 Å². The Balaban J connectivity index is 1.63. The molecule has 1 fully saturated rings. The van der Waals surface area contributed by atoms with Crippen molar-refractivity contribution in [1.82, 2.24) is 9.97 Å². The van der Waals surface area contributed by atoms with Crippen molar-refractivity contribution in [1.29, 1.82) is 0 Å². The monoisotopic (exact) mass is 301 g/mol. The molecule has 1 amide bonds. The van der Waals surface area contributed by atoms with E-state index in [1.165, 1.54) is 12.8 Å². The van der Waals surface area contributed by atoms with Crippen LogP contribution in [-0.4, -0.2) is 15.9 Å². The molecule has 0 saturated heterocycles. The molecule has 1 aliphatic carbocycles. The molecule has 5 heteroatoms. The van der Waals surface area contributed by atoms with E-state index in [9.17, 15) is 4.79 Å². The van der Waals surface area contributed by atoms with E-state index in [0.29, 0.717) is 11.7 Å². The zero-order chi connectivity index (χ0) is 14.7. The number of anilines is 1. The first-order chi connectivity index (χ1) is 10.2. The Morgan fingerprint density at radius 2 is 2.14 bits per heavy atom. The third-order valence-electron chi connectivity index (χ3n) is 4.24. The SMILES string of the molecule is CC(C(=O)Nc1cnc(-c2ccsc2)cn1)C1CCCC1. The van der Waals surface area contributed by atoms with Gasteiger partial charge in [-0.1, -0.05) is 19.8 Å². The van der Waals surface area contributed by atoms with Crippen LogP contribution < -0.4 is 5.32 Å². The van der Waals surface area contributed by atoms with Gasteiger partial charge >= 0.3 is 0 Å². The highest BCUT2D eigenvalue weighted by atomic mass is 32.1. The van der Waals surface area contributed by atoms with Gasteiger partial charge in [0, 0.05) is 16.9 Å². The standard InChI is InChI=1S/C16H19N3OS/c1-11(12-4-2-3-5-12)16(20)19-15-9-17-14(8-18-15)13-6-7-21-10-13/h6-12H,2-5H2,1H3,(H,18,19,20). The molecule has 4 nitrogen and oxygen atoms in total. The predicted octanol–water partition coefficient (Wildman–Crippen LogP) is 3.97. The van der Waals surface area contributed by atoms with Crippen LogP contribution in [0.25, 0.3) is 11.3 Å². The van der Waals surface area contributed by atoms with Crippen LogP contribution in [-0.2, 0) is 4.79 Å². The van der Waals surface area contributed by atoms with Gasteiger partial charge in [0.25, 0.3) is 0 Å². The second-order valence-electron chi connectivity index (χ2n) is 5.62. The number of aromatic nitrogens is 2. The van der Waals surface area contributed by atoms with Crippen LogP contribution in [0.5, 0.6) is 0 Å². The van der Waals surface area contributed by atoms with Gasteiger partial charge in [0.05, 0.1) is 18.1 Å². The third kappa shape index (κ3) is 3.29. The predicted molar refractivity (Wildman–Crippen MR) is 85.1 cm³/mol. The van der Waals surface area contributed by atoms with Crippen molar-refractivity contribution in [3.8, 4) is 11.3 Å². The topological polar surface area (TPSA) is 54.9 Å². The van der Waals surface area contributed by atoms with E-state index in [0.717, 1.165) is 24.1 Å². The van der Waals surface area contributed by atoms with E-state index in [4.69, 9.17) is 0 Å². The van der Waals surface area contributed by atoms with E-state index < -0.39 is 0 Å². The van der Waals surface area contributed by atoms with Gasteiger partial charge in [-0.15, -0.1) is 0 Å². The summed E-state index contributed by atoms with van der Waals surface area (Å²) >= 11 is 1.63. The fourth-order valence-corrected chi connectivity index (χ4v) is 3.51. The van der Waals surface area contributed by atoms with Crippen molar-refractivity contribution in [2.24, 2.45) is 11.8 Å². The number of hydrogen-bond acceptors (Lipinski definition) is 4. The van der Waals surface area contributed by atoms with Crippen LogP contribution in [0.2, 0.25) is 0 Å². The number of thiophene rings is 1. The number of nitrogens with zero attached hydrogens (tertiary/aromatic N) is 2. The average molecular weight is 301 g/mol. The summed E-state index contributed by atoms with van der Waals surface area (Å²) in [7, 11) is 0. The highest BCUT2D eigenvalue weighted by molar-refractivity contribution is 7.08. The van der Waals surface area contributed by atoms with Crippen LogP contribution in [0.1, 0.15) is 32.6 Å². The Labute approximate surface area is 128 Å². The minimum Gasteiger partial charge on any atom is -0.309 e. The van der Waals surface area contributed by atoms with E-state index in [1.54, 1.807) is 23.7 Å². The maximum atomic E-state index is 12.2. The molecule has 1 aliphatic rings. The highest BCUT2D eigenvalue weighted by Gasteiger charge is 2.26. The lowest BCUT2D eigenvalue weighted by molar-refractivity contribution is -0.120. The molecule has 2 aromatic rings.